The van der Waals surface area contributed by atoms with Crippen molar-refractivity contribution in [1.29, 1.82) is 0 Å². The molecule has 1 heterocycles. The highest BCUT2D eigenvalue weighted by Crippen LogP contribution is 2.33. The van der Waals surface area contributed by atoms with Crippen LogP contribution < -0.4 is 5.32 Å². The highest BCUT2D eigenvalue weighted by atomic mass is 16.4. The van der Waals surface area contributed by atoms with E-state index in [1.54, 1.807) is 18.3 Å². The van der Waals surface area contributed by atoms with Gasteiger partial charge in [-0.3, -0.25) is 4.99 Å². The molecule has 4 heteroatoms. The molecule has 1 atom stereocenters. The Morgan fingerprint density at radius 2 is 2.25 bits per heavy atom. The zero-order valence-electron chi connectivity index (χ0n) is 9.27. The molecule has 0 radical (unpaired) electrons. The van der Waals surface area contributed by atoms with Crippen LogP contribution in [-0.2, 0) is 0 Å². The number of nitrogens with zero attached hydrogens (tertiary/aromatic N) is 1. The first-order valence-electron chi connectivity index (χ1n) is 5.26. The number of fused-ring (bicyclic) bond motifs is 1. The molecule has 16 heavy (non-hydrogen) atoms. The molecule has 84 valence electrons. The maximum Gasteiger partial charge on any atom is 0.337 e. The Balaban J connectivity index is 2.42. The smallest absolute Gasteiger partial charge is 0.337 e. The van der Waals surface area contributed by atoms with Crippen LogP contribution in [0.5, 0.6) is 0 Å². The summed E-state index contributed by atoms with van der Waals surface area (Å²) in [6.45, 7) is 4.19. The van der Waals surface area contributed by atoms with E-state index in [4.69, 9.17) is 5.11 Å². The number of carbonyl (C=O) groups is 1. The number of rotatable bonds is 2. The molecule has 0 bridgehead atoms. The molecule has 1 unspecified atom stereocenters. The lowest BCUT2D eigenvalue weighted by Crippen LogP contribution is -2.29. The Morgan fingerprint density at radius 1 is 1.50 bits per heavy atom. The molecule has 1 aromatic rings. The minimum Gasteiger partial charge on any atom is -0.478 e. The van der Waals surface area contributed by atoms with E-state index >= 15 is 0 Å². The number of aromatic carboxylic acids is 1. The normalized spacial score (nSPS) is 18.1. The van der Waals surface area contributed by atoms with Gasteiger partial charge in [0.2, 0.25) is 0 Å². The fourth-order valence-corrected chi connectivity index (χ4v) is 1.68. The van der Waals surface area contributed by atoms with E-state index < -0.39 is 5.97 Å². The van der Waals surface area contributed by atoms with Crippen LogP contribution in [0.2, 0.25) is 0 Å². The van der Waals surface area contributed by atoms with Gasteiger partial charge in [0.1, 0.15) is 5.69 Å². The van der Waals surface area contributed by atoms with Gasteiger partial charge in [0, 0.05) is 6.21 Å². The van der Waals surface area contributed by atoms with Crippen LogP contribution in [0.4, 0.5) is 11.4 Å². The molecule has 0 fully saturated rings. The first-order valence-corrected chi connectivity index (χ1v) is 5.26. The molecule has 0 aromatic heterocycles. The van der Waals surface area contributed by atoms with E-state index in [1.807, 2.05) is 6.07 Å². The average Bonchev–Trinajstić information content (AvgIpc) is 2.27. The molecule has 0 amide bonds. The van der Waals surface area contributed by atoms with Gasteiger partial charge in [-0.1, -0.05) is 19.9 Å². The summed E-state index contributed by atoms with van der Waals surface area (Å²) < 4.78 is 0. The van der Waals surface area contributed by atoms with E-state index in [-0.39, 0.29) is 11.6 Å². The van der Waals surface area contributed by atoms with Gasteiger partial charge in [-0.2, -0.15) is 0 Å². The van der Waals surface area contributed by atoms with Crippen molar-refractivity contribution in [1.82, 2.24) is 0 Å². The van der Waals surface area contributed by atoms with Crippen molar-refractivity contribution in [2.75, 3.05) is 5.32 Å². The summed E-state index contributed by atoms with van der Waals surface area (Å²) in [5, 5.41) is 12.3. The minimum absolute atomic E-state index is 0.163. The van der Waals surface area contributed by atoms with Crippen molar-refractivity contribution in [2.45, 2.75) is 19.9 Å². The zero-order valence-corrected chi connectivity index (χ0v) is 9.27. The monoisotopic (exact) mass is 218 g/mol. The molecule has 1 aliphatic rings. The van der Waals surface area contributed by atoms with E-state index in [0.717, 1.165) is 5.69 Å². The topological polar surface area (TPSA) is 61.7 Å². The van der Waals surface area contributed by atoms with E-state index in [1.165, 1.54) is 0 Å². The Labute approximate surface area is 94.0 Å². The molecule has 4 nitrogen and oxygen atoms in total. The average molecular weight is 218 g/mol. The van der Waals surface area contributed by atoms with Crippen LogP contribution in [0.25, 0.3) is 0 Å². The molecule has 0 spiro atoms. The first-order chi connectivity index (χ1) is 7.59. The van der Waals surface area contributed by atoms with Gasteiger partial charge in [0.15, 0.2) is 0 Å². The van der Waals surface area contributed by atoms with Crippen LogP contribution in [-0.4, -0.2) is 23.3 Å². The summed E-state index contributed by atoms with van der Waals surface area (Å²) in [5.41, 5.74) is 1.55. The number of aliphatic imine (C=N–C) groups is 1. The highest BCUT2D eigenvalue weighted by Gasteiger charge is 2.20. The molecule has 1 aromatic carbocycles. The standard InChI is InChI=1S/C12H14N2O2/c1-7(2)10-6-13-11-8(12(15)16)4-3-5-9(11)14-10/h3-7,10,14H,1-2H3,(H,15,16). The second kappa shape index (κ2) is 3.96. The maximum atomic E-state index is 11.0. The second-order valence-corrected chi connectivity index (χ2v) is 4.20. The SMILES string of the molecule is CC(C)C1C=Nc2c(cccc2C(=O)O)N1. The van der Waals surface area contributed by atoms with Crippen molar-refractivity contribution < 1.29 is 9.90 Å². The quantitative estimate of drug-likeness (QED) is 0.801. The van der Waals surface area contributed by atoms with Crippen molar-refractivity contribution in [3.8, 4) is 0 Å². The predicted molar refractivity (Wildman–Crippen MR) is 63.8 cm³/mol. The lowest BCUT2D eigenvalue weighted by Gasteiger charge is -2.24. The molecule has 0 aliphatic carbocycles. The van der Waals surface area contributed by atoms with Crippen molar-refractivity contribution in [3.63, 3.8) is 0 Å². The van der Waals surface area contributed by atoms with Crippen molar-refractivity contribution >= 4 is 23.6 Å². The Kier molecular flexibility index (Phi) is 2.64. The van der Waals surface area contributed by atoms with Crippen molar-refractivity contribution in [2.24, 2.45) is 10.9 Å². The Bertz CT molecular complexity index is 452. The number of carboxylic acid groups (broad SMARTS) is 1. The highest BCUT2D eigenvalue weighted by molar-refractivity contribution is 5.99. The van der Waals surface area contributed by atoms with E-state index in [0.29, 0.717) is 11.6 Å². The van der Waals surface area contributed by atoms with E-state index in [2.05, 4.69) is 24.2 Å². The second-order valence-electron chi connectivity index (χ2n) is 4.20. The summed E-state index contributed by atoms with van der Waals surface area (Å²) in [5.74, 6) is -0.524. The third-order valence-electron chi connectivity index (χ3n) is 2.67. The minimum atomic E-state index is -0.946. The number of hydrogen-bond acceptors (Lipinski definition) is 3. The molecule has 1 aliphatic heterocycles. The maximum absolute atomic E-state index is 11.0. The van der Waals surface area contributed by atoms with Crippen LogP contribution >= 0.6 is 0 Å². The van der Waals surface area contributed by atoms with Crippen LogP contribution in [0.15, 0.2) is 23.2 Å². The van der Waals surface area contributed by atoms with Gasteiger partial charge in [0.25, 0.3) is 0 Å². The summed E-state index contributed by atoms with van der Waals surface area (Å²) >= 11 is 0. The Hall–Kier alpha value is -1.84. The number of carboxylic acids is 1. The van der Waals surface area contributed by atoms with Gasteiger partial charge < -0.3 is 10.4 Å². The number of nitrogens with one attached hydrogen (secondary N) is 1. The zero-order chi connectivity index (χ0) is 11.7. The first kappa shape index (κ1) is 10.7. The molecular weight excluding hydrogens is 204 g/mol. The van der Waals surface area contributed by atoms with Crippen LogP contribution in [0.3, 0.4) is 0 Å². The van der Waals surface area contributed by atoms with Gasteiger partial charge in [-0.25, -0.2) is 4.79 Å². The molecular formula is C12H14N2O2. The summed E-state index contributed by atoms with van der Waals surface area (Å²) in [7, 11) is 0. The molecule has 0 saturated carbocycles. The number of hydrogen-bond donors (Lipinski definition) is 2. The van der Waals surface area contributed by atoms with Gasteiger partial charge in [-0.15, -0.1) is 0 Å². The van der Waals surface area contributed by atoms with Crippen LogP contribution in [0.1, 0.15) is 24.2 Å². The summed E-state index contributed by atoms with van der Waals surface area (Å²) in [6.07, 6.45) is 1.78. The fraction of sp³-hybridized carbons (Fsp3) is 0.333. The largest absolute Gasteiger partial charge is 0.478 e. The lowest BCUT2D eigenvalue weighted by atomic mass is 10.0. The van der Waals surface area contributed by atoms with Crippen LogP contribution in [0, 0.1) is 5.92 Å². The lowest BCUT2D eigenvalue weighted by molar-refractivity contribution is 0.0698. The van der Waals surface area contributed by atoms with E-state index in [9.17, 15) is 4.79 Å². The third-order valence-corrected chi connectivity index (χ3v) is 2.67. The molecule has 2 N–H and O–H groups in total. The number of benzene rings is 1. The summed E-state index contributed by atoms with van der Waals surface area (Å²) in [6, 6.07) is 5.31. The predicted octanol–water partition coefficient (Wildman–Crippen LogP) is 2.54. The Morgan fingerprint density at radius 3 is 2.88 bits per heavy atom. The fourth-order valence-electron chi connectivity index (χ4n) is 1.68. The number of anilines is 1. The van der Waals surface area contributed by atoms with Gasteiger partial charge in [0.05, 0.1) is 17.3 Å². The summed E-state index contributed by atoms with van der Waals surface area (Å²) in [4.78, 5) is 15.2. The van der Waals surface area contributed by atoms with Gasteiger partial charge in [-0.05, 0) is 18.1 Å². The van der Waals surface area contributed by atoms with Gasteiger partial charge >= 0.3 is 5.97 Å². The third kappa shape index (κ3) is 1.78. The van der Waals surface area contributed by atoms with Crippen molar-refractivity contribution in [3.05, 3.63) is 23.8 Å². The molecule has 2 rings (SSSR count). The number of para-hydroxylation sites is 1. The molecule has 0 saturated heterocycles.